The average Bonchev–Trinajstić information content (AvgIpc) is 3.20. The van der Waals surface area contributed by atoms with E-state index in [0.717, 1.165) is 20.9 Å². The normalized spacial score (nSPS) is 10.6. The van der Waals surface area contributed by atoms with E-state index in [9.17, 15) is 19.2 Å². The Balaban J connectivity index is 1.87. The summed E-state index contributed by atoms with van der Waals surface area (Å²) in [5.41, 5.74) is 2.40. The molecule has 0 aliphatic rings. The molecule has 2 heterocycles. The molecule has 0 saturated carbocycles. The van der Waals surface area contributed by atoms with E-state index >= 15 is 0 Å². The fraction of sp³-hybridized carbons (Fsp3) is 0.500. The van der Waals surface area contributed by atoms with E-state index in [2.05, 4.69) is 10.6 Å². The van der Waals surface area contributed by atoms with Crippen molar-refractivity contribution in [1.29, 1.82) is 0 Å². The third-order valence-electron chi connectivity index (χ3n) is 5.29. The van der Waals surface area contributed by atoms with Gasteiger partial charge in [0.05, 0.1) is 24.3 Å². The minimum absolute atomic E-state index is 0.219. The number of ether oxygens (including phenoxy) is 2. The van der Waals surface area contributed by atoms with Crippen LogP contribution in [0.25, 0.3) is 0 Å². The maximum absolute atomic E-state index is 12.4. The topological polar surface area (TPSA) is 111 Å². The van der Waals surface area contributed by atoms with Crippen molar-refractivity contribution in [3.8, 4) is 0 Å². The predicted molar refractivity (Wildman–Crippen MR) is 135 cm³/mol. The Bertz CT molecular complexity index is 986. The number of thiophene rings is 2. The van der Waals surface area contributed by atoms with Gasteiger partial charge in [-0.3, -0.25) is 9.59 Å². The van der Waals surface area contributed by atoms with Gasteiger partial charge >= 0.3 is 11.9 Å². The quantitative estimate of drug-likeness (QED) is 0.305. The number of unbranched alkanes of at least 4 members (excludes halogenated alkanes) is 1. The zero-order chi connectivity index (χ0) is 25.4. The lowest BCUT2D eigenvalue weighted by Crippen LogP contribution is -2.16. The van der Waals surface area contributed by atoms with Gasteiger partial charge in [-0.05, 0) is 65.5 Å². The second kappa shape index (κ2) is 12.7. The van der Waals surface area contributed by atoms with Crippen LogP contribution in [0.1, 0.15) is 81.1 Å². The highest BCUT2D eigenvalue weighted by Gasteiger charge is 2.23. The van der Waals surface area contributed by atoms with E-state index in [4.69, 9.17) is 9.47 Å². The van der Waals surface area contributed by atoms with Crippen molar-refractivity contribution in [2.24, 2.45) is 0 Å². The van der Waals surface area contributed by atoms with Crippen molar-refractivity contribution in [3.05, 3.63) is 32.0 Å². The summed E-state index contributed by atoms with van der Waals surface area (Å²) in [7, 11) is 0. The monoisotopic (exact) mass is 508 g/mol. The number of carbonyl (C=O) groups is 4. The lowest BCUT2D eigenvalue weighted by molar-refractivity contribution is -0.118. The van der Waals surface area contributed by atoms with Crippen LogP contribution in [0.2, 0.25) is 0 Å². The van der Waals surface area contributed by atoms with Gasteiger partial charge in [0, 0.05) is 22.6 Å². The molecule has 0 saturated heterocycles. The molecule has 2 N–H and O–H groups in total. The minimum Gasteiger partial charge on any atom is -0.462 e. The Morgan fingerprint density at radius 3 is 1.35 bits per heavy atom. The van der Waals surface area contributed by atoms with Crippen LogP contribution in [0.5, 0.6) is 0 Å². The molecule has 0 radical (unpaired) electrons. The Hall–Kier alpha value is -2.72. The van der Waals surface area contributed by atoms with Crippen molar-refractivity contribution >= 4 is 56.4 Å². The van der Waals surface area contributed by atoms with Crippen LogP contribution in [-0.2, 0) is 19.1 Å². The number of carbonyl (C=O) groups excluding carboxylic acids is 4. The highest BCUT2D eigenvalue weighted by Crippen LogP contribution is 2.34. The van der Waals surface area contributed by atoms with Crippen molar-refractivity contribution in [3.63, 3.8) is 0 Å². The Labute approximate surface area is 208 Å². The molecule has 0 aliphatic carbocycles. The van der Waals surface area contributed by atoms with E-state index in [1.54, 1.807) is 13.8 Å². The maximum Gasteiger partial charge on any atom is 0.341 e. The fourth-order valence-corrected chi connectivity index (χ4v) is 5.41. The second-order valence-electron chi connectivity index (χ2n) is 7.72. The van der Waals surface area contributed by atoms with Crippen LogP contribution in [-0.4, -0.2) is 37.0 Å². The summed E-state index contributed by atoms with van der Waals surface area (Å²) in [6, 6.07) is 0. The summed E-state index contributed by atoms with van der Waals surface area (Å²) >= 11 is 2.69. The molecule has 0 bridgehead atoms. The first kappa shape index (κ1) is 27.5. The second-order valence-corrected chi connectivity index (χ2v) is 10.2. The molecule has 2 rings (SSSR count). The van der Waals surface area contributed by atoms with Crippen LogP contribution in [0.15, 0.2) is 0 Å². The van der Waals surface area contributed by atoms with Gasteiger partial charge in [-0.2, -0.15) is 0 Å². The Kier molecular flexibility index (Phi) is 10.2. The van der Waals surface area contributed by atoms with Crippen LogP contribution < -0.4 is 10.6 Å². The first-order valence-corrected chi connectivity index (χ1v) is 12.9. The molecule has 8 nitrogen and oxygen atoms in total. The van der Waals surface area contributed by atoms with Gasteiger partial charge in [-0.15, -0.1) is 22.7 Å². The SMILES string of the molecule is CCOC(=O)c1c(NC(=O)CCCCC(=O)Nc2sc(C)c(C)c2C(=O)OCC)sc(C)c1C. The molecule has 0 aromatic carbocycles. The summed E-state index contributed by atoms with van der Waals surface area (Å²) < 4.78 is 10.2. The lowest BCUT2D eigenvalue weighted by Gasteiger charge is -2.08. The van der Waals surface area contributed by atoms with Gasteiger partial charge in [0.2, 0.25) is 11.8 Å². The van der Waals surface area contributed by atoms with E-state index in [1.165, 1.54) is 22.7 Å². The molecule has 0 aliphatic heterocycles. The number of anilines is 2. The van der Waals surface area contributed by atoms with E-state index < -0.39 is 11.9 Å². The number of nitrogens with one attached hydrogen (secondary N) is 2. The largest absolute Gasteiger partial charge is 0.462 e. The molecule has 10 heteroatoms. The Morgan fingerprint density at radius 2 is 1.03 bits per heavy atom. The number of hydrogen-bond acceptors (Lipinski definition) is 8. The summed E-state index contributed by atoms with van der Waals surface area (Å²) in [5, 5.41) is 6.60. The number of esters is 2. The molecule has 0 unspecified atom stereocenters. The van der Waals surface area contributed by atoms with E-state index in [0.29, 0.717) is 34.0 Å². The van der Waals surface area contributed by atoms with Crippen LogP contribution in [0, 0.1) is 27.7 Å². The molecule has 0 atom stereocenters. The highest BCUT2D eigenvalue weighted by molar-refractivity contribution is 7.17. The number of aryl methyl sites for hydroxylation is 2. The van der Waals surface area contributed by atoms with Gasteiger partial charge in [0.15, 0.2) is 0 Å². The fourth-order valence-electron chi connectivity index (χ4n) is 3.28. The third-order valence-corrected chi connectivity index (χ3v) is 7.54. The van der Waals surface area contributed by atoms with Crippen molar-refractivity contribution < 1.29 is 28.7 Å². The lowest BCUT2D eigenvalue weighted by atomic mass is 10.1. The molecular formula is C24H32N2O6S2. The molecule has 186 valence electrons. The summed E-state index contributed by atoms with van der Waals surface area (Å²) in [4.78, 5) is 51.2. The number of amides is 2. The molecule has 0 fully saturated rings. The molecule has 2 aromatic rings. The van der Waals surface area contributed by atoms with Gasteiger partial charge < -0.3 is 20.1 Å². The molecule has 2 aromatic heterocycles. The summed E-state index contributed by atoms with van der Waals surface area (Å²) in [6.45, 7) is 11.4. The third kappa shape index (κ3) is 6.89. The van der Waals surface area contributed by atoms with Crippen molar-refractivity contribution in [2.45, 2.75) is 67.2 Å². The van der Waals surface area contributed by atoms with Gasteiger partial charge in [-0.1, -0.05) is 0 Å². The number of hydrogen-bond donors (Lipinski definition) is 2. The highest BCUT2D eigenvalue weighted by atomic mass is 32.1. The van der Waals surface area contributed by atoms with Gasteiger partial charge in [0.25, 0.3) is 0 Å². The van der Waals surface area contributed by atoms with E-state index in [-0.39, 0.29) is 37.9 Å². The van der Waals surface area contributed by atoms with Gasteiger partial charge in [-0.25, -0.2) is 9.59 Å². The molecule has 0 spiro atoms. The first-order valence-electron chi connectivity index (χ1n) is 11.2. The number of rotatable bonds is 11. The van der Waals surface area contributed by atoms with Crippen LogP contribution in [0.3, 0.4) is 0 Å². The van der Waals surface area contributed by atoms with Crippen molar-refractivity contribution in [1.82, 2.24) is 0 Å². The summed E-state index contributed by atoms with van der Waals surface area (Å²) in [6.07, 6.45) is 1.45. The summed E-state index contributed by atoms with van der Waals surface area (Å²) in [5.74, 6) is -1.34. The maximum atomic E-state index is 12.4. The predicted octanol–water partition coefficient (Wildman–Crippen LogP) is 5.53. The standard InChI is InChI=1S/C24H32N2O6S2/c1-7-31-23(29)19-13(3)15(5)33-21(19)25-17(27)11-9-10-12-18(28)26-22-20(24(30)32-8-2)14(4)16(6)34-22/h7-12H2,1-6H3,(H,25,27)(H,26,28). The molecular weight excluding hydrogens is 476 g/mol. The molecule has 34 heavy (non-hydrogen) atoms. The smallest absolute Gasteiger partial charge is 0.341 e. The molecule has 2 amide bonds. The van der Waals surface area contributed by atoms with Crippen molar-refractivity contribution in [2.75, 3.05) is 23.8 Å². The zero-order valence-corrected chi connectivity index (χ0v) is 22.1. The van der Waals surface area contributed by atoms with Gasteiger partial charge in [0.1, 0.15) is 10.0 Å². The Morgan fingerprint density at radius 1 is 0.676 bits per heavy atom. The van der Waals surface area contributed by atoms with E-state index in [1.807, 2.05) is 27.7 Å². The van der Waals surface area contributed by atoms with Crippen LogP contribution >= 0.6 is 22.7 Å². The van der Waals surface area contributed by atoms with Crippen LogP contribution in [0.4, 0.5) is 10.0 Å². The zero-order valence-electron chi connectivity index (χ0n) is 20.5. The average molecular weight is 509 g/mol. The minimum atomic E-state index is -0.447. The first-order chi connectivity index (χ1) is 16.1.